The van der Waals surface area contributed by atoms with Gasteiger partial charge in [0.15, 0.2) is 0 Å². The van der Waals surface area contributed by atoms with Gasteiger partial charge < -0.3 is 9.80 Å². The Labute approximate surface area is 87.6 Å². The van der Waals surface area contributed by atoms with E-state index in [9.17, 15) is 0 Å². The summed E-state index contributed by atoms with van der Waals surface area (Å²) in [6.45, 7) is 4.63. The summed E-state index contributed by atoms with van der Waals surface area (Å²) in [5.41, 5.74) is 3.22. The molecule has 2 heteroatoms. The maximum atomic E-state index is 2.50. The standard InChI is InChI=1S/C12H22N2/c1-9(2)12-13(3)10-7-5-6-8-11(10)14(12)4/h9,12H,5-8H2,1-4H3. The van der Waals surface area contributed by atoms with Gasteiger partial charge in [0.25, 0.3) is 0 Å². The highest BCUT2D eigenvalue weighted by molar-refractivity contribution is 5.21. The molecule has 1 aliphatic heterocycles. The number of nitrogens with zero attached hydrogens (tertiary/aromatic N) is 2. The molecule has 0 unspecified atom stereocenters. The first-order valence-electron chi connectivity index (χ1n) is 5.80. The van der Waals surface area contributed by atoms with Crippen LogP contribution in [0.25, 0.3) is 0 Å². The Morgan fingerprint density at radius 1 is 1.00 bits per heavy atom. The Balaban J connectivity index is 2.25. The van der Waals surface area contributed by atoms with Gasteiger partial charge in [-0.3, -0.25) is 0 Å². The summed E-state index contributed by atoms with van der Waals surface area (Å²) in [7, 11) is 4.52. The molecule has 2 nitrogen and oxygen atoms in total. The van der Waals surface area contributed by atoms with Crippen LogP contribution in [0.3, 0.4) is 0 Å². The van der Waals surface area contributed by atoms with Gasteiger partial charge in [-0.1, -0.05) is 13.8 Å². The van der Waals surface area contributed by atoms with Crippen molar-refractivity contribution in [1.82, 2.24) is 9.80 Å². The van der Waals surface area contributed by atoms with Crippen LogP contribution >= 0.6 is 0 Å². The lowest BCUT2D eigenvalue weighted by atomic mass is 10.0. The molecule has 1 heterocycles. The predicted octanol–water partition coefficient (Wildman–Crippen LogP) is 2.63. The van der Waals surface area contributed by atoms with Gasteiger partial charge in [0.05, 0.1) is 0 Å². The van der Waals surface area contributed by atoms with Crippen molar-refractivity contribution in [2.24, 2.45) is 5.92 Å². The van der Waals surface area contributed by atoms with E-state index in [0.29, 0.717) is 12.1 Å². The van der Waals surface area contributed by atoms with Gasteiger partial charge in [0, 0.05) is 25.5 Å². The average Bonchev–Trinajstić information content (AvgIpc) is 2.41. The quantitative estimate of drug-likeness (QED) is 0.633. The van der Waals surface area contributed by atoms with Gasteiger partial charge >= 0.3 is 0 Å². The van der Waals surface area contributed by atoms with Crippen LogP contribution in [0.4, 0.5) is 0 Å². The van der Waals surface area contributed by atoms with Crippen LogP contribution < -0.4 is 0 Å². The zero-order valence-electron chi connectivity index (χ0n) is 9.88. The molecule has 0 bridgehead atoms. The van der Waals surface area contributed by atoms with E-state index in [1.54, 1.807) is 11.4 Å². The third kappa shape index (κ3) is 1.32. The summed E-state index contributed by atoms with van der Waals surface area (Å²) in [5, 5.41) is 0. The van der Waals surface area contributed by atoms with Crippen LogP contribution in [-0.2, 0) is 0 Å². The second-order valence-corrected chi connectivity index (χ2v) is 4.98. The van der Waals surface area contributed by atoms with Crippen molar-refractivity contribution < 1.29 is 0 Å². The molecule has 0 radical (unpaired) electrons. The third-order valence-corrected chi connectivity index (χ3v) is 3.65. The highest BCUT2D eigenvalue weighted by atomic mass is 15.4. The molecule has 0 amide bonds. The molecule has 2 rings (SSSR count). The lowest BCUT2D eigenvalue weighted by Gasteiger charge is -2.33. The largest absolute Gasteiger partial charge is 0.356 e. The molecule has 0 aromatic rings. The Kier molecular flexibility index (Phi) is 2.46. The van der Waals surface area contributed by atoms with Crippen molar-refractivity contribution in [2.75, 3.05) is 14.1 Å². The van der Waals surface area contributed by atoms with Crippen molar-refractivity contribution in [3.63, 3.8) is 0 Å². The summed E-state index contributed by atoms with van der Waals surface area (Å²) in [4.78, 5) is 5.00. The van der Waals surface area contributed by atoms with E-state index in [-0.39, 0.29) is 0 Å². The fourth-order valence-electron chi connectivity index (χ4n) is 3.11. The van der Waals surface area contributed by atoms with Crippen LogP contribution in [0.1, 0.15) is 39.5 Å². The topological polar surface area (TPSA) is 6.48 Å². The van der Waals surface area contributed by atoms with E-state index in [1.807, 2.05) is 0 Å². The van der Waals surface area contributed by atoms with E-state index in [0.717, 1.165) is 0 Å². The van der Waals surface area contributed by atoms with E-state index in [2.05, 4.69) is 37.7 Å². The first-order chi connectivity index (χ1) is 6.63. The van der Waals surface area contributed by atoms with Gasteiger partial charge in [0.2, 0.25) is 0 Å². The van der Waals surface area contributed by atoms with Crippen LogP contribution in [0, 0.1) is 5.92 Å². The first kappa shape index (κ1) is 9.88. The van der Waals surface area contributed by atoms with Crippen molar-refractivity contribution >= 4 is 0 Å². The Morgan fingerprint density at radius 3 is 1.79 bits per heavy atom. The van der Waals surface area contributed by atoms with Gasteiger partial charge in [-0.25, -0.2) is 0 Å². The first-order valence-corrected chi connectivity index (χ1v) is 5.80. The third-order valence-electron chi connectivity index (χ3n) is 3.65. The van der Waals surface area contributed by atoms with E-state index in [1.165, 1.54) is 25.7 Å². The van der Waals surface area contributed by atoms with Crippen LogP contribution in [0.5, 0.6) is 0 Å². The molecule has 80 valence electrons. The Bertz CT molecular complexity index is 233. The molecule has 0 atom stereocenters. The maximum Gasteiger partial charge on any atom is 0.103 e. The SMILES string of the molecule is CC(C)C1N(C)C2=C(CCCC2)N1C. The summed E-state index contributed by atoms with van der Waals surface area (Å²) >= 11 is 0. The molecule has 0 aromatic carbocycles. The smallest absolute Gasteiger partial charge is 0.103 e. The highest BCUT2D eigenvalue weighted by Gasteiger charge is 2.35. The molecule has 2 aliphatic rings. The Morgan fingerprint density at radius 2 is 1.43 bits per heavy atom. The molecule has 0 aromatic heterocycles. The van der Waals surface area contributed by atoms with Gasteiger partial charge in [-0.05, 0) is 31.6 Å². The van der Waals surface area contributed by atoms with E-state index < -0.39 is 0 Å². The van der Waals surface area contributed by atoms with Crippen LogP contribution in [0.2, 0.25) is 0 Å². The number of allylic oxidation sites excluding steroid dienone is 2. The zero-order chi connectivity index (χ0) is 10.3. The number of rotatable bonds is 1. The summed E-state index contributed by atoms with van der Waals surface area (Å²) in [6, 6.07) is 0. The van der Waals surface area contributed by atoms with E-state index in [4.69, 9.17) is 0 Å². The van der Waals surface area contributed by atoms with Crippen LogP contribution in [0.15, 0.2) is 11.4 Å². The van der Waals surface area contributed by atoms with Gasteiger partial charge in [0.1, 0.15) is 6.17 Å². The molecule has 14 heavy (non-hydrogen) atoms. The lowest BCUT2D eigenvalue weighted by Crippen LogP contribution is -2.40. The summed E-state index contributed by atoms with van der Waals surface area (Å²) < 4.78 is 0. The predicted molar refractivity (Wildman–Crippen MR) is 59.6 cm³/mol. The van der Waals surface area contributed by atoms with Crippen LogP contribution in [-0.4, -0.2) is 30.1 Å². The summed E-state index contributed by atoms with van der Waals surface area (Å²) in [6.07, 6.45) is 5.93. The molecule has 1 aliphatic carbocycles. The second-order valence-electron chi connectivity index (χ2n) is 4.98. The molecule has 0 spiro atoms. The van der Waals surface area contributed by atoms with Crippen molar-refractivity contribution in [1.29, 1.82) is 0 Å². The molecule has 0 N–H and O–H groups in total. The zero-order valence-corrected chi connectivity index (χ0v) is 9.88. The minimum absolute atomic E-state index is 0.595. The normalized spacial score (nSPS) is 23.8. The number of hydrogen-bond donors (Lipinski definition) is 0. The molecule has 0 saturated heterocycles. The summed E-state index contributed by atoms with van der Waals surface area (Å²) in [5.74, 6) is 0.704. The van der Waals surface area contributed by atoms with Crippen molar-refractivity contribution in [3.8, 4) is 0 Å². The molecule has 0 fully saturated rings. The van der Waals surface area contributed by atoms with Gasteiger partial charge in [-0.15, -0.1) is 0 Å². The van der Waals surface area contributed by atoms with Gasteiger partial charge in [-0.2, -0.15) is 0 Å². The molecular formula is C12H22N2. The maximum absolute atomic E-state index is 2.50. The van der Waals surface area contributed by atoms with E-state index >= 15 is 0 Å². The van der Waals surface area contributed by atoms with Crippen molar-refractivity contribution in [2.45, 2.75) is 45.7 Å². The number of hydrogen-bond acceptors (Lipinski definition) is 2. The fraction of sp³-hybridized carbons (Fsp3) is 0.833. The minimum atomic E-state index is 0.595. The minimum Gasteiger partial charge on any atom is -0.356 e. The van der Waals surface area contributed by atoms with Crippen molar-refractivity contribution in [3.05, 3.63) is 11.4 Å². The lowest BCUT2D eigenvalue weighted by molar-refractivity contribution is 0.134. The fourth-order valence-corrected chi connectivity index (χ4v) is 3.11. The monoisotopic (exact) mass is 194 g/mol. The molecule has 0 saturated carbocycles. The average molecular weight is 194 g/mol. The highest BCUT2D eigenvalue weighted by Crippen LogP contribution is 2.38. The molecular weight excluding hydrogens is 172 g/mol. The Hall–Kier alpha value is -0.660. The second kappa shape index (κ2) is 3.48.